The minimum absolute atomic E-state index is 0. The molecule has 20 heavy (non-hydrogen) atoms. The lowest BCUT2D eigenvalue weighted by atomic mass is 10.0. The summed E-state index contributed by atoms with van der Waals surface area (Å²) in [6.07, 6.45) is 0.406. The zero-order valence-electron chi connectivity index (χ0n) is 11.6. The normalized spacial score (nSPS) is 15.7. The van der Waals surface area contributed by atoms with Gasteiger partial charge in [-0.15, -0.1) is 12.4 Å². The molecule has 110 valence electrons. The number of nitrogens with one attached hydrogen (secondary N) is 2. The lowest BCUT2D eigenvalue weighted by Crippen LogP contribution is -2.34. The first-order valence-electron chi connectivity index (χ1n) is 6.44. The molecule has 2 rings (SSSR count). The summed E-state index contributed by atoms with van der Waals surface area (Å²) in [5.41, 5.74) is 8.31. The van der Waals surface area contributed by atoms with E-state index in [2.05, 4.69) is 10.6 Å². The van der Waals surface area contributed by atoms with Gasteiger partial charge in [-0.25, -0.2) is 0 Å². The molecule has 0 saturated heterocycles. The van der Waals surface area contributed by atoms with Crippen LogP contribution < -0.4 is 16.4 Å². The monoisotopic (exact) mass is 297 g/mol. The Morgan fingerprint density at radius 1 is 1.45 bits per heavy atom. The van der Waals surface area contributed by atoms with Gasteiger partial charge < -0.3 is 16.4 Å². The maximum Gasteiger partial charge on any atom is 0.228 e. The fourth-order valence-corrected chi connectivity index (χ4v) is 2.06. The fourth-order valence-electron chi connectivity index (χ4n) is 2.06. The summed E-state index contributed by atoms with van der Waals surface area (Å²) >= 11 is 0. The molecule has 0 bridgehead atoms. The van der Waals surface area contributed by atoms with Gasteiger partial charge in [0.05, 0.1) is 12.5 Å². The fraction of sp³-hybridized carbons (Fsp3) is 0.429. The van der Waals surface area contributed by atoms with E-state index in [9.17, 15) is 9.59 Å². The van der Waals surface area contributed by atoms with Crippen LogP contribution in [0.2, 0.25) is 0 Å². The third-order valence-electron chi connectivity index (χ3n) is 3.41. The Morgan fingerprint density at radius 3 is 2.80 bits per heavy atom. The van der Waals surface area contributed by atoms with Crippen molar-refractivity contribution in [3.05, 3.63) is 29.3 Å². The Bertz CT molecular complexity index is 519. The molecule has 1 aliphatic rings. The molecule has 0 aromatic heterocycles. The van der Waals surface area contributed by atoms with Gasteiger partial charge in [0.2, 0.25) is 11.8 Å². The molecular weight excluding hydrogens is 278 g/mol. The molecule has 2 amide bonds. The Morgan fingerprint density at radius 2 is 2.15 bits per heavy atom. The number of nitrogens with two attached hydrogens (primary N) is 1. The molecule has 5 nitrogen and oxygen atoms in total. The van der Waals surface area contributed by atoms with Crippen LogP contribution in [0.5, 0.6) is 0 Å². The van der Waals surface area contributed by atoms with Gasteiger partial charge in [-0.05, 0) is 24.1 Å². The summed E-state index contributed by atoms with van der Waals surface area (Å²) < 4.78 is 0. The van der Waals surface area contributed by atoms with E-state index >= 15 is 0 Å². The molecule has 6 heteroatoms. The van der Waals surface area contributed by atoms with E-state index in [1.165, 1.54) is 0 Å². The van der Waals surface area contributed by atoms with E-state index in [1.807, 2.05) is 25.1 Å². The van der Waals surface area contributed by atoms with Crippen LogP contribution in [0.25, 0.3) is 0 Å². The number of rotatable bonds is 4. The number of hydrogen-bond donors (Lipinski definition) is 3. The third kappa shape index (κ3) is 3.49. The molecule has 0 fully saturated rings. The van der Waals surface area contributed by atoms with Crippen LogP contribution in [-0.4, -0.2) is 18.4 Å². The van der Waals surface area contributed by atoms with Crippen molar-refractivity contribution in [1.82, 2.24) is 5.32 Å². The molecule has 0 aliphatic carbocycles. The van der Waals surface area contributed by atoms with Crippen molar-refractivity contribution in [3.63, 3.8) is 0 Å². The predicted octanol–water partition coefficient (Wildman–Crippen LogP) is 1.37. The highest BCUT2D eigenvalue weighted by molar-refractivity contribution is 5.99. The number of carbonyl (C=O) groups is 2. The van der Waals surface area contributed by atoms with Crippen molar-refractivity contribution >= 4 is 29.9 Å². The van der Waals surface area contributed by atoms with E-state index in [4.69, 9.17) is 5.73 Å². The number of benzene rings is 1. The molecule has 0 saturated carbocycles. The van der Waals surface area contributed by atoms with Crippen LogP contribution in [0, 0.1) is 5.92 Å². The van der Waals surface area contributed by atoms with Crippen molar-refractivity contribution < 1.29 is 9.59 Å². The van der Waals surface area contributed by atoms with Crippen molar-refractivity contribution in [2.24, 2.45) is 11.7 Å². The smallest absolute Gasteiger partial charge is 0.228 e. The van der Waals surface area contributed by atoms with Gasteiger partial charge in [0.1, 0.15) is 0 Å². The summed E-state index contributed by atoms with van der Waals surface area (Å²) in [7, 11) is 0. The van der Waals surface area contributed by atoms with E-state index in [-0.39, 0.29) is 36.2 Å². The summed E-state index contributed by atoms with van der Waals surface area (Å²) in [5.74, 6) is -0.231. The van der Waals surface area contributed by atoms with Gasteiger partial charge in [-0.2, -0.15) is 0 Å². The summed E-state index contributed by atoms with van der Waals surface area (Å²) in [4.78, 5) is 23.1. The molecule has 1 heterocycles. The van der Waals surface area contributed by atoms with Crippen LogP contribution in [0.3, 0.4) is 0 Å². The first-order chi connectivity index (χ1) is 9.01. The SMILES string of the molecule is CC(CN)C(=O)NC(C)c1ccc2c(c1)CC(=O)N2.Cl. The average molecular weight is 298 g/mol. The van der Waals surface area contributed by atoms with E-state index in [0.717, 1.165) is 16.8 Å². The largest absolute Gasteiger partial charge is 0.349 e. The molecule has 0 radical (unpaired) electrons. The molecular formula is C14H20ClN3O2. The Labute approximate surface area is 124 Å². The van der Waals surface area contributed by atoms with E-state index in [1.54, 1.807) is 6.92 Å². The number of carbonyl (C=O) groups excluding carboxylic acids is 2. The number of anilines is 1. The van der Waals surface area contributed by atoms with Crippen LogP contribution in [0.4, 0.5) is 5.69 Å². The minimum Gasteiger partial charge on any atom is -0.349 e. The number of hydrogen-bond acceptors (Lipinski definition) is 3. The minimum atomic E-state index is -0.194. The molecule has 2 atom stereocenters. The van der Waals surface area contributed by atoms with Gasteiger partial charge in [-0.1, -0.05) is 19.1 Å². The van der Waals surface area contributed by atoms with Gasteiger partial charge in [0.25, 0.3) is 0 Å². The maximum absolute atomic E-state index is 11.8. The van der Waals surface area contributed by atoms with Crippen LogP contribution in [-0.2, 0) is 16.0 Å². The van der Waals surface area contributed by atoms with Crippen molar-refractivity contribution in [2.45, 2.75) is 26.3 Å². The molecule has 2 unspecified atom stereocenters. The van der Waals surface area contributed by atoms with Crippen LogP contribution >= 0.6 is 12.4 Å². The summed E-state index contributed by atoms with van der Waals surface area (Å²) in [6, 6.07) is 5.67. The highest BCUT2D eigenvalue weighted by Crippen LogP contribution is 2.26. The number of amides is 2. The lowest BCUT2D eigenvalue weighted by molar-refractivity contribution is -0.124. The third-order valence-corrected chi connectivity index (χ3v) is 3.41. The summed E-state index contributed by atoms with van der Waals surface area (Å²) in [6.45, 7) is 4.06. The molecule has 0 spiro atoms. The highest BCUT2D eigenvalue weighted by atomic mass is 35.5. The van der Waals surface area contributed by atoms with Crippen molar-refractivity contribution in [1.29, 1.82) is 0 Å². The molecule has 4 N–H and O–H groups in total. The van der Waals surface area contributed by atoms with E-state index < -0.39 is 0 Å². The first kappa shape index (κ1) is 16.5. The second-order valence-corrected chi connectivity index (χ2v) is 5.01. The van der Waals surface area contributed by atoms with Gasteiger partial charge in [0, 0.05) is 18.2 Å². The van der Waals surface area contributed by atoms with E-state index in [0.29, 0.717) is 13.0 Å². The molecule has 1 aliphatic heterocycles. The van der Waals surface area contributed by atoms with Crippen molar-refractivity contribution in [2.75, 3.05) is 11.9 Å². The Balaban J connectivity index is 0.00000200. The lowest BCUT2D eigenvalue weighted by Gasteiger charge is -2.17. The average Bonchev–Trinajstić information content (AvgIpc) is 2.76. The Hall–Kier alpha value is -1.59. The van der Waals surface area contributed by atoms with Crippen molar-refractivity contribution in [3.8, 4) is 0 Å². The number of halogens is 1. The zero-order valence-corrected chi connectivity index (χ0v) is 12.4. The Kier molecular flexibility index (Phi) is 5.53. The highest BCUT2D eigenvalue weighted by Gasteiger charge is 2.20. The quantitative estimate of drug-likeness (QED) is 0.785. The maximum atomic E-state index is 11.8. The zero-order chi connectivity index (χ0) is 14.0. The second kappa shape index (κ2) is 6.72. The van der Waals surface area contributed by atoms with Crippen LogP contribution in [0.15, 0.2) is 18.2 Å². The number of fused-ring (bicyclic) bond motifs is 1. The van der Waals surface area contributed by atoms with Gasteiger partial charge in [0.15, 0.2) is 0 Å². The van der Waals surface area contributed by atoms with Gasteiger partial charge in [-0.3, -0.25) is 9.59 Å². The molecule has 1 aromatic rings. The second-order valence-electron chi connectivity index (χ2n) is 5.01. The van der Waals surface area contributed by atoms with Crippen LogP contribution in [0.1, 0.15) is 31.0 Å². The molecule has 1 aromatic carbocycles. The predicted molar refractivity (Wildman–Crippen MR) is 80.8 cm³/mol. The topological polar surface area (TPSA) is 84.2 Å². The first-order valence-corrected chi connectivity index (χ1v) is 6.44. The summed E-state index contributed by atoms with van der Waals surface area (Å²) in [5, 5.41) is 5.71. The van der Waals surface area contributed by atoms with Gasteiger partial charge >= 0.3 is 0 Å². The standard InChI is InChI=1S/C14H19N3O2.ClH/c1-8(7-15)14(19)16-9(2)10-3-4-12-11(5-10)6-13(18)17-12;/h3-5,8-9H,6-7,15H2,1-2H3,(H,16,19)(H,17,18);1H.